The standard InChI is InChI=1S/2C19H20N3.C19H22N3.C13H14N3.4C5H12O2.4Ir/c1-2-4-16(5-3-1)17-20-12-21-18(22-17)19-9-13-6-14(10-19)8-15(7-13)11-19;1-2-4-14(5-3-1)18-20-11-21-19(22-18)17-15-7-12-6-13(9-15)10-16(17)8-12;1-18(2)14-9-10-19(18,3)15(11-14)17-21-12-20-16(22-17)13-7-5-4-6-8-13;1-9(2)12-14-8-15-13(16-12)11-6-4-10(3)5-7-11;4*1-4(6)3-5(2)7;;;;/h1-4,12-15H,6-11H2;1-4,11-13,15-17H,6-10H2;4-7,12,14-15H,9-11H2,1-3H3;4-6,8-9H,1-3H3;4*4-7H,3H2,1-2H3;;;;/q4*-1;;;;;;;;. The first kappa shape index (κ1) is 99.8. The van der Waals surface area contributed by atoms with Crippen molar-refractivity contribution in [3.8, 4) is 45.6 Å². The van der Waals surface area contributed by atoms with E-state index in [0.717, 1.165) is 110 Å². The van der Waals surface area contributed by atoms with Gasteiger partial charge in [0, 0.05) is 104 Å². The Bertz CT molecular complexity index is 3900. The van der Waals surface area contributed by atoms with Crippen molar-refractivity contribution in [2.45, 2.75) is 285 Å². The molecule has 4 heterocycles. The predicted molar refractivity (Wildman–Crippen MR) is 429 cm³/mol. The molecule has 24 heteroatoms. The van der Waals surface area contributed by atoms with Gasteiger partial charge in [0.15, 0.2) is 0 Å². The third-order valence-corrected chi connectivity index (χ3v) is 23.8. The smallest absolute Gasteiger partial charge is 0.128 e. The van der Waals surface area contributed by atoms with Gasteiger partial charge in [-0.1, -0.05) is 41.5 Å². The molecule has 10 aliphatic rings. The third-order valence-electron chi connectivity index (χ3n) is 23.8. The van der Waals surface area contributed by atoms with Gasteiger partial charge in [-0.2, -0.15) is 0 Å². The van der Waals surface area contributed by atoms with Gasteiger partial charge >= 0.3 is 0 Å². The molecule has 20 nitrogen and oxygen atoms in total. The molecule has 11 unspecified atom stereocenters. The van der Waals surface area contributed by atoms with E-state index in [4.69, 9.17) is 55.8 Å². The Morgan fingerprint density at radius 1 is 0.395 bits per heavy atom. The number of hydrogen-bond acceptors (Lipinski definition) is 20. The van der Waals surface area contributed by atoms with Crippen LogP contribution in [0.1, 0.15) is 252 Å². The minimum atomic E-state index is -0.375. The zero-order valence-corrected chi connectivity index (χ0v) is 78.5. The van der Waals surface area contributed by atoms with E-state index >= 15 is 0 Å². The first-order chi connectivity index (χ1) is 52.4. The average molecular weight is 2270 g/mol. The van der Waals surface area contributed by atoms with Gasteiger partial charge in [0.2, 0.25) is 0 Å². The zero-order chi connectivity index (χ0) is 79.5. The molecule has 10 aliphatic carbocycles. The molecule has 4 aromatic heterocycles. The van der Waals surface area contributed by atoms with Crippen LogP contribution in [-0.4, -0.2) is 149 Å². The Morgan fingerprint density at radius 2 is 0.763 bits per heavy atom. The van der Waals surface area contributed by atoms with E-state index in [1.807, 2.05) is 97.9 Å². The number of aromatic nitrogens is 12. The maximum atomic E-state index is 8.56. The molecule has 8 aromatic rings. The van der Waals surface area contributed by atoms with Crippen molar-refractivity contribution in [1.82, 2.24) is 59.8 Å². The van der Waals surface area contributed by atoms with Crippen LogP contribution in [0.4, 0.5) is 0 Å². The number of nitrogens with zero attached hydrogens (tertiary/aromatic N) is 12. The van der Waals surface area contributed by atoms with Gasteiger partial charge < -0.3 is 40.9 Å². The molecule has 0 aliphatic heterocycles. The summed E-state index contributed by atoms with van der Waals surface area (Å²) < 4.78 is 0. The van der Waals surface area contributed by atoms with E-state index < -0.39 is 0 Å². The minimum absolute atomic E-state index is 0. The number of benzene rings is 4. The van der Waals surface area contributed by atoms with Crippen molar-refractivity contribution in [3.05, 3.63) is 169 Å². The Morgan fingerprint density at radius 3 is 1.11 bits per heavy atom. The summed E-state index contributed by atoms with van der Waals surface area (Å²) in [6, 6.07) is 42.5. The molecule has 10 fully saturated rings. The van der Waals surface area contributed by atoms with E-state index in [9.17, 15) is 0 Å². The molecule has 4 radical (unpaired) electrons. The largest absolute Gasteiger partial charge is 0.393 e. The van der Waals surface area contributed by atoms with E-state index in [-0.39, 0.29) is 135 Å². The molecule has 0 spiro atoms. The van der Waals surface area contributed by atoms with E-state index in [2.05, 4.69) is 104 Å². The fourth-order valence-corrected chi connectivity index (χ4v) is 19.1. The molecule has 0 amide bonds. The number of hydrogen-bond donors (Lipinski definition) is 8. The van der Waals surface area contributed by atoms with Crippen molar-refractivity contribution in [2.75, 3.05) is 0 Å². The molecule has 10 saturated carbocycles. The van der Waals surface area contributed by atoms with Crippen LogP contribution in [0.2, 0.25) is 0 Å². The number of fused-ring (bicyclic) bond motifs is 2. The van der Waals surface area contributed by atoms with Crippen LogP contribution in [-0.2, 0) is 85.8 Å². The fourth-order valence-electron chi connectivity index (χ4n) is 19.1. The Balaban J connectivity index is 0.000000243. The molecule has 18 rings (SSSR count). The Labute approximate surface area is 732 Å². The molecule has 10 bridgehead atoms. The van der Waals surface area contributed by atoms with Gasteiger partial charge in [0.1, 0.15) is 48.6 Å². The quantitative estimate of drug-likeness (QED) is 0.0417. The molecule has 114 heavy (non-hydrogen) atoms. The normalized spacial score (nSPS) is 26.2. The number of aliphatic hydroxyl groups is 8. The number of rotatable bonds is 16. The van der Waals surface area contributed by atoms with Crippen molar-refractivity contribution < 1.29 is 121 Å². The average Bonchev–Trinajstić information content (AvgIpc) is 1.50. The predicted octanol–water partition coefficient (Wildman–Crippen LogP) is 15.3. The van der Waals surface area contributed by atoms with Gasteiger partial charge in [-0.15, -0.1) is 143 Å². The van der Waals surface area contributed by atoms with Gasteiger partial charge in [-0.05, 0) is 229 Å². The first-order valence-corrected chi connectivity index (χ1v) is 40.5. The number of aliphatic hydroxyl groups excluding tert-OH is 8. The summed E-state index contributed by atoms with van der Waals surface area (Å²) in [6.07, 6.45) is 24.7. The summed E-state index contributed by atoms with van der Waals surface area (Å²) in [7, 11) is 0. The van der Waals surface area contributed by atoms with E-state index in [0.29, 0.717) is 60.1 Å². The monoisotopic (exact) mass is 2270 g/mol. The van der Waals surface area contributed by atoms with Crippen LogP contribution in [0.3, 0.4) is 0 Å². The summed E-state index contributed by atoms with van der Waals surface area (Å²) in [6.45, 7) is 26.7. The van der Waals surface area contributed by atoms with Crippen molar-refractivity contribution in [2.24, 2.45) is 58.2 Å². The van der Waals surface area contributed by atoms with Crippen LogP contribution >= 0.6 is 0 Å². The molecular weight excluding hydrogens is 2150 g/mol. The van der Waals surface area contributed by atoms with Crippen LogP contribution in [0.5, 0.6) is 0 Å². The summed E-state index contributed by atoms with van der Waals surface area (Å²) in [4.78, 5) is 54.1. The van der Waals surface area contributed by atoms with Gasteiger partial charge in [0.25, 0.3) is 0 Å². The summed E-state index contributed by atoms with van der Waals surface area (Å²) >= 11 is 0. The Hall–Kier alpha value is -4.80. The van der Waals surface area contributed by atoms with Crippen molar-refractivity contribution >= 4 is 0 Å². The van der Waals surface area contributed by atoms with Gasteiger partial charge in [-0.3, -0.25) is 39.9 Å². The van der Waals surface area contributed by atoms with E-state index in [1.165, 1.54) is 95.5 Å². The first-order valence-electron chi connectivity index (χ1n) is 40.5. The molecule has 8 N–H and O–H groups in total. The zero-order valence-electron chi connectivity index (χ0n) is 68.9. The van der Waals surface area contributed by atoms with Crippen molar-refractivity contribution in [1.29, 1.82) is 0 Å². The molecule has 0 saturated heterocycles. The second kappa shape index (κ2) is 47.3. The summed E-state index contributed by atoms with van der Waals surface area (Å²) in [5.74, 6) is 15.3. The molecule has 632 valence electrons. The molecule has 11 atom stereocenters. The second-order valence-corrected chi connectivity index (χ2v) is 34.5. The summed E-state index contributed by atoms with van der Waals surface area (Å²) in [5, 5.41) is 68.5. The minimum Gasteiger partial charge on any atom is -0.393 e. The van der Waals surface area contributed by atoms with Crippen LogP contribution in [0.25, 0.3) is 45.6 Å². The summed E-state index contributed by atoms with van der Waals surface area (Å²) in [5.41, 5.74) is 5.89. The maximum Gasteiger partial charge on any atom is 0.128 e. The fraction of sp³-hybridized carbons (Fsp3) is 0.600. The topological polar surface area (TPSA) is 317 Å². The van der Waals surface area contributed by atoms with Gasteiger partial charge in [-0.25, -0.2) is 19.9 Å². The van der Waals surface area contributed by atoms with Crippen LogP contribution in [0.15, 0.2) is 116 Å². The molecular formula is C90H124Ir4N12O8-4. The third kappa shape index (κ3) is 28.7. The maximum absolute atomic E-state index is 8.56. The van der Waals surface area contributed by atoms with Crippen LogP contribution < -0.4 is 0 Å². The molecule has 4 aromatic carbocycles. The van der Waals surface area contributed by atoms with E-state index in [1.54, 1.807) is 80.7 Å². The number of aryl methyl sites for hydroxylation is 1. The van der Waals surface area contributed by atoms with Crippen molar-refractivity contribution in [3.63, 3.8) is 0 Å². The van der Waals surface area contributed by atoms with Gasteiger partial charge in [0.05, 0.1) is 72.1 Å². The SMILES string of the molecule is CC(O)CC(C)O.CC(O)CC(C)O.CC(O)CC(C)O.CC(O)CC(C)O.CC1(C)C2CCC1(C)C(c1ncnc(-c3[c-]cccc3)n1)C2.Cc1c[c-]c(-c2ncnc(C(C)C)n2)cc1.[Ir].[Ir].[Ir].[Ir].[c-]1ccccc1-c1ncnc(C23CC4CC(CC(C4)C2)C3)n1.[c-]1ccccc1-c1ncnc(C2C3CC4CC(C3)CC2C4)n1. The van der Waals surface area contributed by atoms with Crippen LogP contribution in [0, 0.1) is 89.4 Å². The second-order valence-electron chi connectivity index (χ2n) is 34.5. The Kier molecular flexibility index (Phi) is 41.4.